The third-order valence-corrected chi connectivity index (χ3v) is 4.44. The number of para-hydroxylation sites is 2. The monoisotopic (exact) mass is 345 g/mol. The van der Waals surface area contributed by atoms with Gasteiger partial charge in [-0.3, -0.25) is 0 Å². The molecule has 0 aliphatic carbocycles. The van der Waals surface area contributed by atoms with Crippen LogP contribution in [0.5, 0.6) is 0 Å². The van der Waals surface area contributed by atoms with Crippen LogP contribution in [0.2, 0.25) is 0 Å². The van der Waals surface area contributed by atoms with Crippen molar-refractivity contribution >= 4 is 33.0 Å². The van der Waals surface area contributed by atoms with Crippen molar-refractivity contribution in [3.05, 3.63) is 52.5 Å². The van der Waals surface area contributed by atoms with Crippen molar-refractivity contribution in [2.75, 3.05) is 37.0 Å². The van der Waals surface area contributed by atoms with E-state index >= 15 is 0 Å². The summed E-state index contributed by atoms with van der Waals surface area (Å²) in [5, 5.41) is 3.27. The average Bonchev–Trinajstić information content (AvgIpc) is 2.49. The van der Waals surface area contributed by atoms with Gasteiger partial charge in [-0.1, -0.05) is 28.1 Å². The number of anilines is 3. The zero-order chi connectivity index (χ0) is 14.8. The van der Waals surface area contributed by atoms with Crippen LogP contribution in [-0.4, -0.2) is 27.2 Å². The maximum absolute atomic E-state index is 3.58. The van der Waals surface area contributed by atoms with E-state index in [0.29, 0.717) is 0 Å². The Hall–Kier alpha value is -1.52. The average molecular weight is 346 g/mol. The maximum Gasteiger partial charge on any atom is 0.0649 e. The Bertz CT molecular complexity index is 642. The molecule has 4 heteroatoms. The number of halogens is 1. The topological polar surface area (TPSA) is 18.5 Å². The number of hydrogen-bond acceptors (Lipinski definition) is 3. The second-order valence-electron chi connectivity index (χ2n) is 5.37. The van der Waals surface area contributed by atoms with Crippen LogP contribution in [-0.2, 0) is 6.54 Å². The molecule has 0 amide bonds. The summed E-state index contributed by atoms with van der Waals surface area (Å²) in [7, 11) is 4.15. The number of nitrogens with one attached hydrogen (secondary N) is 1. The number of likely N-dealkylation sites (N-methyl/N-ethyl adjacent to an activating group) is 1. The van der Waals surface area contributed by atoms with Crippen molar-refractivity contribution in [2.45, 2.75) is 6.54 Å². The summed E-state index contributed by atoms with van der Waals surface area (Å²) in [6.07, 6.45) is 0. The summed E-state index contributed by atoms with van der Waals surface area (Å²) in [6.45, 7) is 2.90. The molecule has 1 heterocycles. The molecule has 3 nitrogen and oxygen atoms in total. The molecule has 2 aromatic carbocycles. The highest BCUT2D eigenvalue weighted by Crippen LogP contribution is 2.38. The maximum atomic E-state index is 3.58. The SMILES string of the molecule is CNCc1cc(Br)ccc1N1CCN(C)c2ccccc21. The van der Waals surface area contributed by atoms with Crippen LogP contribution >= 0.6 is 15.9 Å². The molecule has 2 aromatic rings. The van der Waals surface area contributed by atoms with Crippen molar-refractivity contribution in [3.8, 4) is 0 Å². The fourth-order valence-corrected chi connectivity index (χ4v) is 3.31. The third kappa shape index (κ3) is 2.78. The van der Waals surface area contributed by atoms with Crippen molar-refractivity contribution in [1.82, 2.24) is 5.32 Å². The fraction of sp³-hybridized carbons (Fsp3) is 0.294. The first-order chi connectivity index (χ1) is 10.2. The molecule has 0 bridgehead atoms. The van der Waals surface area contributed by atoms with E-state index in [1.165, 1.54) is 22.6 Å². The Morgan fingerprint density at radius 3 is 2.57 bits per heavy atom. The highest BCUT2D eigenvalue weighted by Gasteiger charge is 2.22. The number of nitrogens with zero attached hydrogens (tertiary/aromatic N) is 2. The van der Waals surface area contributed by atoms with E-state index in [9.17, 15) is 0 Å². The quantitative estimate of drug-likeness (QED) is 0.913. The third-order valence-electron chi connectivity index (χ3n) is 3.94. The van der Waals surface area contributed by atoms with Crippen LogP contribution in [0.1, 0.15) is 5.56 Å². The summed E-state index contributed by atoms with van der Waals surface area (Å²) in [4.78, 5) is 4.75. The number of rotatable bonds is 3. The minimum atomic E-state index is 0.864. The molecule has 0 spiro atoms. The smallest absolute Gasteiger partial charge is 0.0649 e. The molecule has 1 aliphatic heterocycles. The molecular weight excluding hydrogens is 326 g/mol. The standard InChI is InChI=1S/C17H20BrN3/c1-19-12-13-11-14(18)7-8-15(13)21-10-9-20(2)16-5-3-4-6-17(16)21/h3-8,11,19H,9-10,12H2,1-2H3. The van der Waals surface area contributed by atoms with Crippen molar-refractivity contribution in [1.29, 1.82) is 0 Å². The molecule has 0 saturated carbocycles. The Labute approximate surface area is 134 Å². The molecule has 0 aromatic heterocycles. The number of hydrogen-bond donors (Lipinski definition) is 1. The van der Waals surface area contributed by atoms with E-state index in [1.807, 2.05) is 7.05 Å². The van der Waals surface area contributed by atoms with Crippen LogP contribution in [0.25, 0.3) is 0 Å². The molecule has 0 atom stereocenters. The summed E-state index contributed by atoms with van der Waals surface area (Å²) < 4.78 is 1.12. The van der Waals surface area contributed by atoms with Crippen molar-refractivity contribution in [3.63, 3.8) is 0 Å². The van der Waals surface area contributed by atoms with E-state index in [2.05, 4.69) is 80.6 Å². The van der Waals surface area contributed by atoms with E-state index in [4.69, 9.17) is 0 Å². The van der Waals surface area contributed by atoms with Gasteiger partial charge in [-0.2, -0.15) is 0 Å². The summed E-state index contributed by atoms with van der Waals surface area (Å²) in [5.41, 5.74) is 5.17. The zero-order valence-electron chi connectivity index (χ0n) is 12.4. The van der Waals surface area contributed by atoms with Gasteiger partial charge >= 0.3 is 0 Å². The molecule has 110 valence electrons. The van der Waals surface area contributed by atoms with Gasteiger partial charge in [0.1, 0.15) is 0 Å². The van der Waals surface area contributed by atoms with Crippen LogP contribution in [0, 0.1) is 0 Å². The molecule has 3 rings (SSSR count). The van der Waals surface area contributed by atoms with Crippen LogP contribution in [0.4, 0.5) is 17.1 Å². The van der Waals surface area contributed by atoms with Gasteiger partial charge in [0, 0.05) is 36.8 Å². The molecule has 1 N–H and O–H groups in total. The summed E-state index contributed by atoms with van der Waals surface area (Å²) in [5.74, 6) is 0. The molecular formula is C17H20BrN3. The second kappa shape index (κ2) is 6.08. The lowest BCUT2D eigenvalue weighted by molar-refractivity contribution is 0.791. The fourth-order valence-electron chi connectivity index (χ4n) is 2.91. The highest BCUT2D eigenvalue weighted by molar-refractivity contribution is 9.10. The summed E-state index contributed by atoms with van der Waals surface area (Å²) >= 11 is 3.58. The lowest BCUT2D eigenvalue weighted by Crippen LogP contribution is -2.37. The van der Waals surface area contributed by atoms with Crippen LogP contribution in [0.3, 0.4) is 0 Å². The normalized spacial score (nSPS) is 14.2. The minimum absolute atomic E-state index is 0.864. The first-order valence-electron chi connectivity index (χ1n) is 7.21. The van der Waals surface area contributed by atoms with E-state index in [1.54, 1.807) is 0 Å². The predicted octanol–water partition coefficient (Wildman–Crippen LogP) is 3.76. The van der Waals surface area contributed by atoms with Crippen molar-refractivity contribution in [2.24, 2.45) is 0 Å². The Morgan fingerprint density at radius 2 is 1.81 bits per heavy atom. The number of benzene rings is 2. The lowest BCUT2D eigenvalue weighted by Gasteiger charge is -2.38. The van der Waals surface area contributed by atoms with Crippen LogP contribution in [0.15, 0.2) is 46.9 Å². The summed E-state index contributed by atoms with van der Waals surface area (Å²) in [6, 6.07) is 15.1. The molecule has 0 radical (unpaired) electrons. The molecule has 0 fully saturated rings. The van der Waals surface area contributed by atoms with Gasteiger partial charge in [0.2, 0.25) is 0 Å². The van der Waals surface area contributed by atoms with Gasteiger partial charge in [0.05, 0.1) is 11.4 Å². The first kappa shape index (κ1) is 14.4. The Kier molecular flexibility index (Phi) is 4.17. The molecule has 0 unspecified atom stereocenters. The Morgan fingerprint density at radius 1 is 1.05 bits per heavy atom. The highest BCUT2D eigenvalue weighted by atomic mass is 79.9. The predicted molar refractivity (Wildman–Crippen MR) is 93.6 cm³/mol. The van der Waals surface area contributed by atoms with E-state index < -0.39 is 0 Å². The molecule has 1 aliphatic rings. The molecule has 0 saturated heterocycles. The minimum Gasteiger partial charge on any atom is -0.371 e. The first-order valence-corrected chi connectivity index (χ1v) is 8.00. The lowest BCUT2D eigenvalue weighted by atomic mass is 10.1. The number of fused-ring (bicyclic) bond motifs is 1. The van der Waals surface area contributed by atoms with E-state index in [0.717, 1.165) is 24.1 Å². The second-order valence-corrected chi connectivity index (χ2v) is 6.28. The Balaban J connectivity index is 2.07. The van der Waals surface area contributed by atoms with Crippen LogP contribution < -0.4 is 15.1 Å². The van der Waals surface area contributed by atoms with Gasteiger partial charge in [-0.25, -0.2) is 0 Å². The van der Waals surface area contributed by atoms with Crippen molar-refractivity contribution < 1.29 is 0 Å². The van der Waals surface area contributed by atoms with Gasteiger partial charge < -0.3 is 15.1 Å². The van der Waals surface area contributed by atoms with Gasteiger partial charge in [-0.15, -0.1) is 0 Å². The zero-order valence-corrected chi connectivity index (χ0v) is 14.0. The van der Waals surface area contributed by atoms with Gasteiger partial charge in [-0.05, 0) is 42.9 Å². The van der Waals surface area contributed by atoms with Gasteiger partial charge in [0.25, 0.3) is 0 Å². The molecule has 21 heavy (non-hydrogen) atoms. The van der Waals surface area contributed by atoms with E-state index in [-0.39, 0.29) is 0 Å². The largest absolute Gasteiger partial charge is 0.371 e. The van der Waals surface area contributed by atoms with Gasteiger partial charge in [0.15, 0.2) is 0 Å².